The van der Waals surface area contributed by atoms with E-state index in [0.29, 0.717) is 22.8 Å². The van der Waals surface area contributed by atoms with Crippen LogP contribution in [0.4, 0.5) is 20.5 Å². The molecule has 3 aliphatic heterocycles. The highest BCUT2D eigenvalue weighted by molar-refractivity contribution is 8.55. The number of nitrogens with zero attached hydrogens (tertiary/aromatic N) is 7. The number of carbonyl (C=O) groups excluding carboxylic acids is 2. The summed E-state index contributed by atoms with van der Waals surface area (Å²) in [6.07, 6.45) is -11.4. The largest absolute Gasteiger partial charge is 0.454 e. The maximum absolute atomic E-state index is 16.9. The van der Waals surface area contributed by atoms with Gasteiger partial charge in [0, 0.05) is 22.8 Å². The lowest BCUT2D eigenvalue weighted by atomic mass is 9.98. The van der Waals surface area contributed by atoms with E-state index in [9.17, 15) is 23.5 Å². The molecule has 7 rings (SSSR count). The first-order chi connectivity index (χ1) is 28.6. The van der Waals surface area contributed by atoms with Crippen molar-refractivity contribution in [2.75, 3.05) is 36.6 Å². The van der Waals surface area contributed by atoms with E-state index in [2.05, 4.69) is 29.9 Å². The highest BCUT2D eigenvalue weighted by atomic mass is 32.7. The number of carbonyl (C=O) groups is 2. The first-order valence-corrected chi connectivity index (χ1v) is 24.6. The van der Waals surface area contributed by atoms with Crippen molar-refractivity contribution in [3.8, 4) is 0 Å². The van der Waals surface area contributed by atoms with Crippen LogP contribution in [-0.2, 0) is 55.8 Å². The normalized spacial score (nSPS) is 31.3. The number of halogens is 2. The van der Waals surface area contributed by atoms with Crippen molar-refractivity contribution in [1.82, 2.24) is 39.0 Å². The fourth-order valence-electron chi connectivity index (χ4n) is 6.08. The second-order valence-electron chi connectivity index (χ2n) is 15.9. The topological polar surface area (TPSA) is 301 Å². The van der Waals surface area contributed by atoms with Gasteiger partial charge in [0.15, 0.2) is 47.4 Å². The molecule has 0 amide bonds. The molecule has 4 aromatic rings. The van der Waals surface area contributed by atoms with E-state index in [-0.39, 0.29) is 34.1 Å². The summed E-state index contributed by atoms with van der Waals surface area (Å²) in [7, 11) is 0. The zero-order chi connectivity index (χ0) is 44.2. The van der Waals surface area contributed by atoms with Crippen LogP contribution in [-0.4, -0.2) is 113 Å². The van der Waals surface area contributed by atoms with Crippen LogP contribution in [0, 0.1) is 10.8 Å². The number of anilines is 2. The molecule has 3 aliphatic rings. The fourth-order valence-corrected chi connectivity index (χ4v) is 11.6. The summed E-state index contributed by atoms with van der Waals surface area (Å²) in [4.78, 5) is 60.6. The van der Waals surface area contributed by atoms with Crippen LogP contribution in [0.1, 0.15) is 54.0 Å². The summed E-state index contributed by atoms with van der Waals surface area (Å²) in [5, 5.41) is 0. The van der Waals surface area contributed by atoms with Gasteiger partial charge in [-0.2, -0.15) is 4.98 Å². The smallest absolute Gasteiger partial charge is 0.393 e. The molecule has 0 spiro atoms. The Morgan fingerprint density at radius 3 is 1.95 bits per heavy atom. The van der Waals surface area contributed by atoms with Crippen molar-refractivity contribution in [1.29, 1.82) is 0 Å². The first-order valence-electron chi connectivity index (χ1n) is 18.3. The second-order valence-corrected chi connectivity index (χ2v) is 23.8. The van der Waals surface area contributed by atoms with E-state index < -0.39 is 116 Å². The number of H-pyrrole nitrogens is 1. The molecule has 23 nitrogen and oxygen atoms in total. The number of aromatic nitrogens is 8. The highest BCUT2D eigenvalue weighted by Crippen LogP contribution is 2.66. The van der Waals surface area contributed by atoms with Gasteiger partial charge in [-0.15, -0.1) is 0 Å². The molecule has 0 aliphatic carbocycles. The van der Waals surface area contributed by atoms with E-state index in [1.807, 2.05) is 0 Å². The van der Waals surface area contributed by atoms with Gasteiger partial charge in [-0.25, -0.2) is 37.8 Å². The quantitative estimate of drug-likeness (QED) is 0.127. The van der Waals surface area contributed by atoms with Gasteiger partial charge in [-0.3, -0.25) is 46.6 Å². The predicted molar refractivity (Wildman–Crippen MR) is 213 cm³/mol. The average molecular weight is 939 g/mol. The van der Waals surface area contributed by atoms with Crippen molar-refractivity contribution >= 4 is 82.4 Å². The molecule has 0 aromatic carbocycles. The van der Waals surface area contributed by atoms with Gasteiger partial charge in [0.2, 0.25) is 5.95 Å². The Bertz CT molecular complexity index is 2470. The van der Waals surface area contributed by atoms with Crippen LogP contribution in [0.3, 0.4) is 0 Å². The van der Waals surface area contributed by atoms with E-state index in [1.54, 1.807) is 41.5 Å². The van der Waals surface area contributed by atoms with Crippen LogP contribution >= 0.6 is 36.4 Å². The Hall–Kier alpha value is -3.78. The van der Waals surface area contributed by atoms with E-state index in [4.69, 9.17) is 48.5 Å². The molecule has 334 valence electrons. The van der Waals surface area contributed by atoms with Crippen LogP contribution in [0.15, 0.2) is 23.8 Å². The van der Waals surface area contributed by atoms with Gasteiger partial charge < -0.3 is 30.4 Å². The van der Waals surface area contributed by atoms with E-state index >= 15 is 8.78 Å². The molecule has 3 fully saturated rings. The van der Waals surface area contributed by atoms with Crippen LogP contribution in [0.2, 0.25) is 0 Å². The number of nitrogen functional groups attached to an aromatic ring is 2. The predicted octanol–water partition coefficient (Wildman–Crippen LogP) is 4.19. The van der Waals surface area contributed by atoms with Crippen LogP contribution in [0.5, 0.6) is 0 Å². The monoisotopic (exact) mass is 938 g/mol. The van der Waals surface area contributed by atoms with Crippen molar-refractivity contribution in [3.05, 3.63) is 29.3 Å². The molecule has 4 aromatic heterocycles. The van der Waals surface area contributed by atoms with E-state index in [0.717, 1.165) is 17.2 Å². The van der Waals surface area contributed by atoms with Crippen molar-refractivity contribution in [2.45, 2.75) is 90.8 Å². The van der Waals surface area contributed by atoms with Crippen molar-refractivity contribution in [2.24, 2.45) is 10.8 Å². The third-order valence-electron chi connectivity index (χ3n) is 9.24. The third-order valence-corrected chi connectivity index (χ3v) is 15.9. The second kappa shape index (κ2) is 17.1. The number of hydrogen-bond donors (Lipinski definition) is 3. The molecule has 7 heterocycles. The summed E-state index contributed by atoms with van der Waals surface area (Å²) in [5.74, 6) is -2.96. The molecule has 0 saturated carbocycles. The Morgan fingerprint density at radius 2 is 1.34 bits per heavy atom. The Kier molecular flexibility index (Phi) is 12.7. The number of nitrogens with two attached hydrogens (primary N) is 2. The summed E-state index contributed by atoms with van der Waals surface area (Å²) in [6, 6.07) is 0. The van der Waals surface area contributed by atoms with Gasteiger partial charge in [-0.05, 0) is 41.5 Å². The number of rotatable bonds is 8. The maximum atomic E-state index is 16.9. The minimum atomic E-state index is -4.78. The Labute approximate surface area is 352 Å². The van der Waals surface area contributed by atoms with Gasteiger partial charge >= 0.3 is 25.5 Å². The average Bonchev–Trinajstić information content (AvgIpc) is 3.94. The number of nitrogens with one attached hydrogen (secondary N) is 1. The van der Waals surface area contributed by atoms with E-state index in [1.165, 1.54) is 10.9 Å². The molecule has 0 radical (unpaired) electrons. The number of imidazole rings is 2. The summed E-state index contributed by atoms with van der Waals surface area (Å²) >= 11 is 0.711. The van der Waals surface area contributed by atoms with Gasteiger partial charge in [0.1, 0.15) is 48.1 Å². The molecule has 2 bridgehead atoms. The minimum Gasteiger partial charge on any atom is -0.454 e. The molecular weight excluding hydrogens is 896 g/mol. The van der Waals surface area contributed by atoms with Crippen molar-refractivity contribution < 1.29 is 64.5 Å². The van der Waals surface area contributed by atoms with Gasteiger partial charge in [0.25, 0.3) is 5.56 Å². The van der Waals surface area contributed by atoms with Gasteiger partial charge in [0.05, 0.1) is 36.7 Å². The summed E-state index contributed by atoms with van der Waals surface area (Å²) in [5.41, 5.74) is 8.85. The highest BCUT2D eigenvalue weighted by Gasteiger charge is 2.56. The standard InChI is InChI=1S/C32H42F2N10O13P2S2/c1-31(2,3)28(46)50-12-60-58(48)52-7-14-16(33)21(27(54-14)44-11-40-19-24(44)41-30(36)42-25(19)45)57-59(49,61-13-51-29(47)32(4,5)6)53-8-15-20(56-58)17(34)26(55-15)43-10-39-18-22(35)37-9-38-23(18)43/h9-11,14-17,20-21,26-27H,7-8,12-13H2,1-6H3,(H2,35,37,38)(H3,36,41,42,45)/t14-,15-,16+,17-,20-,21-,26-,27-,58?,59?/m1/s1. The summed E-state index contributed by atoms with van der Waals surface area (Å²) < 4.78 is 112. The molecular formula is C32H42F2N10O13P2S2. The zero-order valence-electron chi connectivity index (χ0n) is 33.2. The molecule has 10 atom stereocenters. The Balaban J connectivity index is 1.27. The minimum absolute atomic E-state index is 0.0169. The first kappa shape index (κ1) is 45.3. The molecule has 2 unspecified atom stereocenters. The fraction of sp³-hybridized carbons (Fsp3) is 0.625. The number of ether oxygens (including phenoxy) is 4. The number of aromatic amines is 1. The summed E-state index contributed by atoms with van der Waals surface area (Å²) in [6.45, 7) is -1.71. The van der Waals surface area contributed by atoms with Crippen LogP contribution < -0.4 is 17.0 Å². The molecule has 5 N–H and O–H groups in total. The number of alkyl halides is 2. The molecule has 29 heteroatoms. The lowest BCUT2D eigenvalue weighted by Crippen LogP contribution is -2.34. The molecule has 3 saturated heterocycles. The molecule has 61 heavy (non-hydrogen) atoms. The Morgan fingerprint density at radius 1 is 0.803 bits per heavy atom. The lowest BCUT2D eigenvalue weighted by Gasteiger charge is -2.28. The lowest BCUT2D eigenvalue weighted by molar-refractivity contribution is -0.151. The SMILES string of the molecule is CC(C)(C)C(=O)OCSP1(=O)OC[C@H]2O[C@@H](n3cnc4c(N)ncnc43)[C@H](F)[C@@H]2OP(=O)(SCOC(=O)C(C)(C)C)OC[C@H]2O[C@@H](n3cnc4c(=O)[nH]c(N)nc43)[C@H](O1)[C@H]2F. The maximum Gasteiger partial charge on any atom is 0.393 e. The third kappa shape index (κ3) is 9.45. The number of esters is 2. The van der Waals surface area contributed by atoms with Gasteiger partial charge in [-0.1, -0.05) is 0 Å². The number of fused-ring (bicyclic) bond motifs is 5. The zero-order valence-corrected chi connectivity index (χ0v) is 36.7. The van der Waals surface area contributed by atoms with Crippen LogP contribution in [0.25, 0.3) is 22.3 Å². The number of hydrogen-bond acceptors (Lipinski definition) is 22. The van der Waals surface area contributed by atoms with Crippen molar-refractivity contribution in [3.63, 3.8) is 0 Å².